The Labute approximate surface area is 146 Å². The normalized spacial score (nSPS) is 12.8. The monoisotopic (exact) mass is 358 g/mol. The van der Waals surface area contributed by atoms with Gasteiger partial charge in [0, 0.05) is 14.1 Å². The molecule has 9 heteroatoms. The summed E-state index contributed by atoms with van der Waals surface area (Å²) in [5.74, 6) is 0.474. The second-order valence-corrected chi connectivity index (χ2v) is 7.78. The van der Waals surface area contributed by atoms with Crippen molar-refractivity contribution in [3.05, 3.63) is 5.89 Å². The molecule has 136 valence electrons. The lowest BCUT2D eigenvalue weighted by Gasteiger charge is -2.23. The molecule has 0 aliphatic rings. The Morgan fingerprint density at radius 1 is 1.29 bits per heavy atom. The summed E-state index contributed by atoms with van der Waals surface area (Å²) in [6.07, 6.45) is -0.545. The Hall–Kier alpha value is -1.77. The lowest BCUT2D eigenvalue weighted by atomic mass is 10.1. The van der Waals surface area contributed by atoms with Gasteiger partial charge in [-0.1, -0.05) is 25.6 Å². The van der Waals surface area contributed by atoms with E-state index in [1.807, 2.05) is 13.8 Å². The van der Waals surface area contributed by atoms with Gasteiger partial charge in [-0.05, 0) is 26.7 Å². The number of amides is 2. The average molecular weight is 358 g/mol. The molecular formula is C15H26N4O4S. The van der Waals surface area contributed by atoms with Crippen LogP contribution in [0.4, 0.5) is 4.79 Å². The molecule has 0 aliphatic carbocycles. The van der Waals surface area contributed by atoms with E-state index in [0.717, 1.165) is 11.8 Å². The van der Waals surface area contributed by atoms with Crippen LogP contribution in [0.1, 0.15) is 46.6 Å². The second kappa shape index (κ2) is 8.36. The Bertz CT molecular complexity index is 566. The quantitative estimate of drug-likeness (QED) is 0.780. The van der Waals surface area contributed by atoms with Crippen LogP contribution >= 0.6 is 11.8 Å². The number of nitrogens with one attached hydrogen (secondary N) is 1. The Kier molecular flexibility index (Phi) is 7.07. The number of carbonyl (C=O) groups excluding carboxylic acids is 2. The third-order valence-corrected chi connectivity index (χ3v) is 3.65. The van der Waals surface area contributed by atoms with E-state index >= 15 is 0 Å². The van der Waals surface area contributed by atoms with Crippen molar-refractivity contribution in [1.29, 1.82) is 0 Å². The number of nitrogens with zero attached hydrogens (tertiary/aromatic N) is 3. The van der Waals surface area contributed by atoms with Gasteiger partial charge in [-0.2, -0.15) is 0 Å². The zero-order chi connectivity index (χ0) is 18.5. The summed E-state index contributed by atoms with van der Waals surface area (Å²) in [5, 5.41) is 10.9. The van der Waals surface area contributed by atoms with E-state index in [-0.39, 0.29) is 28.7 Å². The number of hydrogen-bond donors (Lipinski definition) is 1. The van der Waals surface area contributed by atoms with Crippen LogP contribution in [0.2, 0.25) is 0 Å². The van der Waals surface area contributed by atoms with Crippen LogP contribution in [0.5, 0.6) is 0 Å². The van der Waals surface area contributed by atoms with Crippen LogP contribution in [0.15, 0.2) is 9.64 Å². The van der Waals surface area contributed by atoms with Gasteiger partial charge in [0.05, 0.1) is 5.75 Å². The first-order valence-corrected chi connectivity index (χ1v) is 8.64. The summed E-state index contributed by atoms with van der Waals surface area (Å²) in [7, 11) is 3.36. The van der Waals surface area contributed by atoms with E-state index < -0.39 is 17.7 Å². The largest absolute Gasteiger partial charge is 0.444 e. The van der Waals surface area contributed by atoms with Crippen LogP contribution in [0.3, 0.4) is 0 Å². The van der Waals surface area contributed by atoms with Gasteiger partial charge in [0.2, 0.25) is 11.8 Å². The maximum atomic E-state index is 12.0. The van der Waals surface area contributed by atoms with Gasteiger partial charge < -0.3 is 19.4 Å². The SMILES string of the molecule is CC(C)C(NC(=O)OC(C)(C)C)c1nnc(SCC(=O)N(C)C)o1. The van der Waals surface area contributed by atoms with Crippen molar-refractivity contribution in [1.82, 2.24) is 20.4 Å². The Morgan fingerprint density at radius 3 is 2.42 bits per heavy atom. The van der Waals surface area contributed by atoms with Gasteiger partial charge >= 0.3 is 6.09 Å². The molecular weight excluding hydrogens is 332 g/mol. The number of carbonyl (C=O) groups is 2. The molecule has 0 radical (unpaired) electrons. The number of ether oxygens (including phenoxy) is 1. The molecule has 8 nitrogen and oxygen atoms in total. The second-order valence-electron chi connectivity index (χ2n) is 6.85. The zero-order valence-electron chi connectivity index (χ0n) is 15.2. The summed E-state index contributed by atoms with van der Waals surface area (Å²) in [5.41, 5.74) is -0.589. The summed E-state index contributed by atoms with van der Waals surface area (Å²) in [6, 6.07) is -0.466. The number of aromatic nitrogens is 2. The fourth-order valence-corrected chi connectivity index (χ4v) is 2.35. The highest BCUT2D eigenvalue weighted by Gasteiger charge is 2.27. The molecule has 1 atom stereocenters. The average Bonchev–Trinajstić information content (AvgIpc) is 2.88. The standard InChI is InChI=1S/C15H26N4O4S/c1-9(2)11(16-13(21)23-15(3,4)5)12-17-18-14(22-12)24-8-10(20)19(6)7/h9,11H,8H2,1-7H3,(H,16,21). The van der Waals surface area contributed by atoms with Crippen LogP contribution in [0.25, 0.3) is 0 Å². The van der Waals surface area contributed by atoms with Crippen molar-refractivity contribution in [3.63, 3.8) is 0 Å². The van der Waals surface area contributed by atoms with Gasteiger partial charge in [0.25, 0.3) is 5.22 Å². The van der Waals surface area contributed by atoms with Crippen LogP contribution in [0, 0.1) is 5.92 Å². The maximum absolute atomic E-state index is 12.0. The van der Waals surface area contributed by atoms with Crippen LogP contribution in [-0.2, 0) is 9.53 Å². The van der Waals surface area contributed by atoms with Gasteiger partial charge in [-0.25, -0.2) is 4.79 Å². The van der Waals surface area contributed by atoms with Gasteiger partial charge in [-0.3, -0.25) is 4.79 Å². The lowest BCUT2D eigenvalue weighted by molar-refractivity contribution is -0.125. The first-order chi connectivity index (χ1) is 11.0. The molecule has 0 aliphatic heterocycles. The minimum absolute atomic E-state index is 0.0271. The van der Waals surface area contributed by atoms with E-state index in [4.69, 9.17) is 9.15 Å². The lowest BCUT2D eigenvalue weighted by Crippen LogP contribution is -2.37. The molecule has 2 amide bonds. The first-order valence-electron chi connectivity index (χ1n) is 7.65. The van der Waals surface area contributed by atoms with Crippen molar-refractivity contribution in [2.75, 3.05) is 19.8 Å². The van der Waals surface area contributed by atoms with E-state index in [1.54, 1.807) is 34.9 Å². The topological polar surface area (TPSA) is 97.6 Å². The summed E-state index contributed by atoms with van der Waals surface area (Å²) < 4.78 is 10.8. The highest BCUT2D eigenvalue weighted by molar-refractivity contribution is 7.99. The van der Waals surface area contributed by atoms with Gasteiger partial charge in [-0.15, -0.1) is 10.2 Å². The molecule has 1 aromatic rings. The van der Waals surface area contributed by atoms with E-state index in [9.17, 15) is 9.59 Å². The Balaban J connectivity index is 2.73. The van der Waals surface area contributed by atoms with E-state index in [0.29, 0.717) is 0 Å². The number of thioether (sulfide) groups is 1. The zero-order valence-corrected chi connectivity index (χ0v) is 16.1. The molecule has 24 heavy (non-hydrogen) atoms. The predicted octanol–water partition coefficient (Wildman–Crippen LogP) is 2.47. The molecule has 1 heterocycles. The fourth-order valence-electron chi connectivity index (χ4n) is 1.61. The molecule has 1 N–H and O–H groups in total. The summed E-state index contributed by atoms with van der Waals surface area (Å²) >= 11 is 1.16. The molecule has 0 aromatic carbocycles. The molecule has 0 fully saturated rings. The van der Waals surface area contributed by atoms with Crippen molar-refractivity contribution in [2.24, 2.45) is 5.92 Å². The van der Waals surface area contributed by atoms with Crippen molar-refractivity contribution < 1.29 is 18.7 Å². The van der Waals surface area contributed by atoms with Crippen molar-refractivity contribution in [3.8, 4) is 0 Å². The molecule has 0 saturated heterocycles. The molecule has 1 unspecified atom stereocenters. The number of hydrogen-bond acceptors (Lipinski definition) is 7. The molecule has 1 rings (SSSR count). The van der Waals surface area contributed by atoms with E-state index in [2.05, 4.69) is 15.5 Å². The Morgan fingerprint density at radius 2 is 1.92 bits per heavy atom. The predicted molar refractivity (Wildman–Crippen MR) is 90.7 cm³/mol. The smallest absolute Gasteiger partial charge is 0.408 e. The van der Waals surface area contributed by atoms with Crippen molar-refractivity contribution in [2.45, 2.75) is 51.5 Å². The number of rotatable bonds is 6. The van der Waals surface area contributed by atoms with Gasteiger partial charge in [0.15, 0.2) is 0 Å². The summed E-state index contributed by atoms with van der Waals surface area (Å²) in [6.45, 7) is 9.23. The highest BCUT2D eigenvalue weighted by atomic mass is 32.2. The minimum Gasteiger partial charge on any atom is -0.444 e. The third kappa shape index (κ3) is 6.77. The van der Waals surface area contributed by atoms with E-state index in [1.165, 1.54) is 4.90 Å². The molecule has 0 saturated carbocycles. The third-order valence-electron chi connectivity index (χ3n) is 2.84. The highest BCUT2D eigenvalue weighted by Crippen LogP contribution is 2.25. The first kappa shape index (κ1) is 20.3. The van der Waals surface area contributed by atoms with Gasteiger partial charge in [0.1, 0.15) is 11.6 Å². The fraction of sp³-hybridized carbons (Fsp3) is 0.733. The number of alkyl carbamates (subject to hydrolysis) is 1. The van der Waals surface area contributed by atoms with Crippen LogP contribution < -0.4 is 5.32 Å². The molecule has 1 aromatic heterocycles. The molecule has 0 bridgehead atoms. The minimum atomic E-state index is -0.589. The van der Waals surface area contributed by atoms with Crippen LogP contribution in [-0.4, -0.2) is 52.5 Å². The molecule has 0 spiro atoms. The maximum Gasteiger partial charge on any atom is 0.408 e. The summed E-state index contributed by atoms with van der Waals surface area (Å²) in [4.78, 5) is 25.0. The van der Waals surface area contributed by atoms with Crippen molar-refractivity contribution >= 4 is 23.8 Å².